The molecule has 1 atom stereocenters. The first-order chi connectivity index (χ1) is 18.1. The second-order valence-corrected chi connectivity index (χ2v) is 9.99. The molecule has 6 rings (SSSR count). The minimum atomic E-state index is -0.189. The van der Waals surface area contributed by atoms with Gasteiger partial charge < -0.3 is 19.9 Å². The Morgan fingerprint density at radius 2 is 2.03 bits per heavy atom. The van der Waals surface area contributed by atoms with Gasteiger partial charge in [-0.2, -0.15) is 10.4 Å². The number of carbonyl (C=O) groups is 1. The summed E-state index contributed by atoms with van der Waals surface area (Å²) in [5.41, 5.74) is 4.22. The van der Waals surface area contributed by atoms with Crippen molar-refractivity contribution in [3.8, 4) is 23.1 Å². The first-order valence-corrected chi connectivity index (χ1v) is 12.8. The third-order valence-electron chi connectivity index (χ3n) is 7.47. The second kappa shape index (κ2) is 9.62. The summed E-state index contributed by atoms with van der Waals surface area (Å²) in [4.78, 5) is 16.5. The molecule has 2 fully saturated rings. The van der Waals surface area contributed by atoms with E-state index in [4.69, 9.17) is 4.74 Å². The standard InChI is InChI=1S/C28H29N7O2/c1-17(18-5-6-18)32-28(36)33-20-9-7-19(8-10-20)27-24(14-29)23-12-11-22(37-15-26-30-16-31-34-26)13-25(23)35(27)21-3-2-4-21/h7-13,16-18,21H,2-6,15H2,1H3,(H,30,31,34)(H2,32,33,36). The molecule has 9 heteroatoms. The van der Waals surface area contributed by atoms with Crippen LogP contribution in [-0.2, 0) is 6.61 Å². The monoisotopic (exact) mass is 495 g/mol. The largest absolute Gasteiger partial charge is 0.486 e. The highest BCUT2D eigenvalue weighted by atomic mass is 16.5. The Balaban J connectivity index is 1.30. The fraction of sp³-hybridized carbons (Fsp3) is 0.357. The van der Waals surface area contributed by atoms with E-state index < -0.39 is 0 Å². The van der Waals surface area contributed by atoms with Gasteiger partial charge in [0.05, 0.1) is 16.8 Å². The Morgan fingerprint density at radius 3 is 2.68 bits per heavy atom. The van der Waals surface area contributed by atoms with E-state index in [0.717, 1.165) is 40.7 Å². The maximum Gasteiger partial charge on any atom is 0.319 e. The van der Waals surface area contributed by atoms with Gasteiger partial charge >= 0.3 is 6.03 Å². The third kappa shape index (κ3) is 4.62. The maximum absolute atomic E-state index is 12.4. The Kier molecular flexibility index (Phi) is 6.01. The number of anilines is 1. The van der Waals surface area contributed by atoms with Gasteiger partial charge in [-0.15, -0.1) is 0 Å². The zero-order chi connectivity index (χ0) is 25.4. The topological polar surface area (TPSA) is 121 Å². The fourth-order valence-electron chi connectivity index (χ4n) is 5.05. The van der Waals surface area contributed by atoms with Crippen molar-refractivity contribution in [1.82, 2.24) is 25.1 Å². The molecular weight excluding hydrogens is 466 g/mol. The molecule has 0 radical (unpaired) electrons. The zero-order valence-corrected chi connectivity index (χ0v) is 20.7. The van der Waals surface area contributed by atoms with Crippen molar-refractivity contribution in [3.05, 3.63) is 60.2 Å². The molecule has 0 spiro atoms. The molecule has 0 aliphatic heterocycles. The van der Waals surface area contributed by atoms with E-state index in [-0.39, 0.29) is 18.7 Å². The van der Waals surface area contributed by atoms with Crippen LogP contribution in [0.25, 0.3) is 22.2 Å². The fourth-order valence-corrected chi connectivity index (χ4v) is 5.05. The van der Waals surface area contributed by atoms with E-state index in [1.165, 1.54) is 25.6 Å². The highest BCUT2D eigenvalue weighted by molar-refractivity contribution is 5.96. The van der Waals surface area contributed by atoms with Crippen molar-refractivity contribution in [3.63, 3.8) is 0 Å². The molecule has 188 valence electrons. The number of nitrogens with one attached hydrogen (secondary N) is 3. The Morgan fingerprint density at radius 1 is 1.22 bits per heavy atom. The first-order valence-electron chi connectivity index (χ1n) is 12.8. The molecule has 0 saturated heterocycles. The van der Waals surface area contributed by atoms with Crippen LogP contribution in [0.2, 0.25) is 0 Å². The number of nitrogens with zero attached hydrogens (tertiary/aromatic N) is 4. The van der Waals surface area contributed by atoms with Crippen molar-refractivity contribution in [2.75, 3.05) is 5.32 Å². The zero-order valence-electron chi connectivity index (χ0n) is 20.7. The molecule has 2 aliphatic carbocycles. The van der Waals surface area contributed by atoms with Gasteiger partial charge in [0.15, 0.2) is 5.82 Å². The highest BCUT2D eigenvalue weighted by Gasteiger charge is 2.29. The van der Waals surface area contributed by atoms with Gasteiger partial charge in [0.2, 0.25) is 0 Å². The number of aromatic amines is 1. The summed E-state index contributed by atoms with van der Waals surface area (Å²) >= 11 is 0. The number of H-pyrrole nitrogens is 1. The number of rotatable bonds is 8. The van der Waals surface area contributed by atoms with Crippen LogP contribution in [0, 0.1) is 17.2 Å². The van der Waals surface area contributed by atoms with Crippen LogP contribution in [0.1, 0.15) is 56.5 Å². The SMILES string of the molecule is CC(NC(=O)Nc1ccc(-c2c(C#N)c3ccc(OCc4ncn[nH]4)cc3n2C2CCC2)cc1)C1CC1. The molecule has 2 heterocycles. The molecule has 0 bridgehead atoms. The van der Waals surface area contributed by atoms with Crippen LogP contribution in [0.5, 0.6) is 5.75 Å². The smallest absolute Gasteiger partial charge is 0.319 e. The Labute approximate surface area is 214 Å². The van der Waals surface area contributed by atoms with Crippen LogP contribution < -0.4 is 15.4 Å². The van der Waals surface area contributed by atoms with E-state index in [9.17, 15) is 10.1 Å². The van der Waals surface area contributed by atoms with Crippen molar-refractivity contribution < 1.29 is 9.53 Å². The van der Waals surface area contributed by atoms with E-state index in [2.05, 4.69) is 36.5 Å². The number of aromatic nitrogens is 4. The first kappa shape index (κ1) is 23.1. The number of carbonyl (C=O) groups excluding carboxylic acids is 1. The summed E-state index contributed by atoms with van der Waals surface area (Å²) < 4.78 is 8.25. The number of hydrogen-bond acceptors (Lipinski definition) is 5. The molecule has 2 amide bonds. The van der Waals surface area contributed by atoms with Gasteiger partial charge in [-0.05, 0) is 74.8 Å². The normalized spacial score (nSPS) is 16.1. The predicted molar refractivity (Wildman–Crippen MR) is 140 cm³/mol. The van der Waals surface area contributed by atoms with Gasteiger partial charge in [-0.3, -0.25) is 5.10 Å². The van der Waals surface area contributed by atoms with E-state index in [1.54, 1.807) is 0 Å². The molecule has 2 aromatic carbocycles. The van der Waals surface area contributed by atoms with Crippen molar-refractivity contribution in [1.29, 1.82) is 5.26 Å². The predicted octanol–water partition coefficient (Wildman–Crippen LogP) is 5.52. The lowest BCUT2D eigenvalue weighted by Crippen LogP contribution is -2.37. The van der Waals surface area contributed by atoms with Crippen LogP contribution in [0.3, 0.4) is 0 Å². The van der Waals surface area contributed by atoms with Crippen LogP contribution in [0.15, 0.2) is 48.8 Å². The lowest BCUT2D eigenvalue weighted by atomic mass is 9.92. The van der Waals surface area contributed by atoms with E-state index in [0.29, 0.717) is 29.1 Å². The molecule has 2 aromatic heterocycles. The number of hydrogen-bond donors (Lipinski definition) is 3. The molecular formula is C28H29N7O2. The molecule has 2 saturated carbocycles. The molecule has 37 heavy (non-hydrogen) atoms. The van der Waals surface area contributed by atoms with Gasteiger partial charge in [0, 0.05) is 29.2 Å². The van der Waals surface area contributed by atoms with Gasteiger partial charge in [-0.25, -0.2) is 9.78 Å². The lowest BCUT2D eigenvalue weighted by Gasteiger charge is -2.30. The summed E-state index contributed by atoms with van der Waals surface area (Å²) in [5.74, 6) is 1.96. The van der Waals surface area contributed by atoms with Crippen molar-refractivity contribution >= 4 is 22.6 Å². The highest BCUT2D eigenvalue weighted by Crippen LogP contribution is 2.43. The second-order valence-electron chi connectivity index (χ2n) is 9.99. The average molecular weight is 496 g/mol. The van der Waals surface area contributed by atoms with Crippen LogP contribution in [0.4, 0.5) is 10.5 Å². The van der Waals surface area contributed by atoms with Crippen molar-refractivity contribution in [2.24, 2.45) is 5.92 Å². The maximum atomic E-state index is 12.4. The molecule has 1 unspecified atom stereocenters. The van der Waals surface area contributed by atoms with Crippen molar-refractivity contribution in [2.45, 2.75) is 57.7 Å². The number of fused-ring (bicyclic) bond motifs is 1. The van der Waals surface area contributed by atoms with Crippen LogP contribution >= 0.6 is 0 Å². The van der Waals surface area contributed by atoms with Gasteiger partial charge in [0.25, 0.3) is 0 Å². The Bertz CT molecular complexity index is 1460. The third-order valence-corrected chi connectivity index (χ3v) is 7.47. The van der Waals surface area contributed by atoms with E-state index in [1.807, 2.05) is 49.4 Å². The summed E-state index contributed by atoms with van der Waals surface area (Å²) in [6.45, 7) is 2.34. The molecule has 4 aromatic rings. The average Bonchev–Trinajstić information content (AvgIpc) is 3.51. The van der Waals surface area contributed by atoms with Gasteiger partial charge in [0.1, 0.15) is 24.8 Å². The Hall–Kier alpha value is -4.32. The summed E-state index contributed by atoms with van der Waals surface area (Å²) in [6, 6.07) is 16.4. The minimum absolute atomic E-state index is 0.181. The number of nitriles is 1. The minimum Gasteiger partial charge on any atom is -0.486 e. The quantitative estimate of drug-likeness (QED) is 0.297. The van der Waals surface area contributed by atoms with E-state index >= 15 is 0 Å². The number of amides is 2. The molecule has 9 nitrogen and oxygen atoms in total. The summed E-state index contributed by atoms with van der Waals surface area (Å²) in [7, 11) is 0. The number of benzene rings is 2. The van der Waals surface area contributed by atoms with Crippen LogP contribution in [-0.4, -0.2) is 31.8 Å². The molecule has 3 N–H and O–H groups in total. The van der Waals surface area contributed by atoms with Gasteiger partial charge in [-0.1, -0.05) is 12.1 Å². The molecule has 2 aliphatic rings. The number of ether oxygens (including phenoxy) is 1. The summed E-state index contributed by atoms with van der Waals surface area (Å²) in [5, 5.41) is 23.7. The number of urea groups is 1. The summed E-state index contributed by atoms with van der Waals surface area (Å²) in [6.07, 6.45) is 7.14. The lowest BCUT2D eigenvalue weighted by molar-refractivity contribution is 0.248.